The lowest BCUT2D eigenvalue weighted by Crippen LogP contribution is -1.99. The Morgan fingerprint density at radius 2 is 2.07 bits per heavy atom. The summed E-state index contributed by atoms with van der Waals surface area (Å²) < 4.78 is 1.54. The van der Waals surface area contributed by atoms with E-state index in [1.165, 1.54) is 23.5 Å². The molecule has 0 aromatic heterocycles. The molecule has 0 aromatic rings. The summed E-state index contributed by atoms with van der Waals surface area (Å²) in [5.41, 5.74) is 1.53. The van der Waals surface area contributed by atoms with Gasteiger partial charge in [-0.25, -0.2) is 0 Å². The van der Waals surface area contributed by atoms with Gasteiger partial charge < -0.3 is 5.11 Å². The quantitative estimate of drug-likeness (QED) is 0.799. The Kier molecular flexibility index (Phi) is 6.06. The van der Waals surface area contributed by atoms with Gasteiger partial charge in [0.25, 0.3) is 0 Å². The number of aliphatic hydroxyl groups excluding tert-OH is 1. The summed E-state index contributed by atoms with van der Waals surface area (Å²) in [5.74, 6) is 2.58. The molecule has 1 aliphatic rings. The molecule has 1 rings (SSSR count). The zero-order chi connectivity index (χ0) is 10.4. The monoisotopic (exact) mass is 232 g/mol. The maximum Gasteiger partial charge on any atom is 0.0512 e. The number of aliphatic hydroxyl groups is 1. The Morgan fingerprint density at radius 1 is 1.43 bits per heavy atom. The van der Waals surface area contributed by atoms with Crippen LogP contribution in [0.5, 0.6) is 0 Å². The summed E-state index contributed by atoms with van der Waals surface area (Å²) in [7, 11) is 0. The molecular weight excluding hydrogens is 212 g/mol. The number of hydrogen-bond donors (Lipinski definition) is 1. The van der Waals surface area contributed by atoms with Crippen LogP contribution in [0.25, 0.3) is 0 Å². The van der Waals surface area contributed by atoms with Crippen LogP contribution in [-0.4, -0.2) is 22.7 Å². The zero-order valence-electron chi connectivity index (χ0n) is 9.08. The summed E-state index contributed by atoms with van der Waals surface area (Å²) in [6, 6.07) is 0. The molecule has 0 radical (unpaired) electrons. The fourth-order valence-electron chi connectivity index (χ4n) is 1.44. The molecule has 1 nitrogen and oxygen atoms in total. The minimum atomic E-state index is -0.139. The summed E-state index contributed by atoms with van der Waals surface area (Å²) in [4.78, 5) is 0. The Bertz CT molecular complexity index is 191. The van der Waals surface area contributed by atoms with Gasteiger partial charge in [0.15, 0.2) is 0 Å². The van der Waals surface area contributed by atoms with Crippen LogP contribution in [0.4, 0.5) is 0 Å². The minimum absolute atomic E-state index is 0.139. The Morgan fingerprint density at radius 3 is 2.64 bits per heavy atom. The van der Waals surface area contributed by atoms with E-state index in [2.05, 4.69) is 6.92 Å². The Hall–Kier alpha value is 0.400. The fourth-order valence-corrected chi connectivity index (χ4v) is 4.10. The van der Waals surface area contributed by atoms with Gasteiger partial charge in [-0.1, -0.05) is 5.57 Å². The number of thioether (sulfide) groups is 2. The first-order chi connectivity index (χ1) is 6.70. The average Bonchev–Trinajstić information content (AvgIpc) is 2.18. The first-order valence-electron chi connectivity index (χ1n) is 5.33. The van der Waals surface area contributed by atoms with Gasteiger partial charge in [0.05, 0.1) is 6.10 Å². The molecule has 82 valence electrons. The van der Waals surface area contributed by atoms with Crippen molar-refractivity contribution in [1.29, 1.82) is 0 Å². The molecule has 0 aliphatic carbocycles. The summed E-state index contributed by atoms with van der Waals surface area (Å²) in [6.07, 6.45) is 4.41. The van der Waals surface area contributed by atoms with Crippen molar-refractivity contribution in [2.45, 2.75) is 45.6 Å². The van der Waals surface area contributed by atoms with E-state index in [4.69, 9.17) is 5.11 Å². The maximum atomic E-state index is 9.15. The largest absolute Gasteiger partial charge is 0.393 e. The highest BCUT2D eigenvalue weighted by Gasteiger charge is 2.09. The van der Waals surface area contributed by atoms with Crippen molar-refractivity contribution in [3.05, 3.63) is 9.81 Å². The van der Waals surface area contributed by atoms with Crippen LogP contribution in [0.15, 0.2) is 9.81 Å². The van der Waals surface area contributed by atoms with Gasteiger partial charge in [-0.15, -0.1) is 23.5 Å². The molecule has 1 N–H and O–H groups in total. The zero-order valence-corrected chi connectivity index (χ0v) is 10.7. The minimum Gasteiger partial charge on any atom is -0.393 e. The highest BCUT2D eigenvalue weighted by atomic mass is 32.2. The van der Waals surface area contributed by atoms with Crippen LogP contribution < -0.4 is 0 Å². The Balaban J connectivity index is 2.27. The molecule has 1 fully saturated rings. The third-order valence-electron chi connectivity index (χ3n) is 2.28. The van der Waals surface area contributed by atoms with Crippen molar-refractivity contribution in [1.82, 2.24) is 0 Å². The predicted octanol–water partition coefficient (Wildman–Crippen LogP) is 3.64. The number of allylic oxidation sites excluding steroid dienone is 1. The highest BCUT2D eigenvalue weighted by molar-refractivity contribution is 8.22. The second-order valence-electron chi connectivity index (χ2n) is 3.86. The number of hydrogen-bond acceptors (Lipinski definition) is 3. The van der Waals surface area contributed by atoms with Crippen molar-refractivity contribution >= 4 is 23.5 Å². The van der Waals surface area contributed by atoms with Crippen molar-refractivity contribution < 1.29 is 5.11 Å². The van der Waals surface area contributed by atoms with Crippen LogP contribution in [0.2, 0.25) is 0 Å². The summed E-state index contributed by atoms with van der Waals surface area (Å²) in [6.45, 7) is 4.11. The molecular formula is C11H20OS2. The van der Waals surface area contributed by atoms with Gasteiger partial charge in [0, 0.05) is 4.24 Å². The van der Waals surface area contributed by atoms with E-state index in [9.17, 15) is 0 Å². The van der Waals surface area contributed by atoms with Crippen molar-refractivity contribution in [3.8, 4) is 0 Å². The third kappa shape index (κ3) is 4.76. The van der Waals surface area contributed by atoms with E-state index in [1.807, 2.05) is 30.4 Å². The molecule has 1 heterocycles. The van der Waals surface area contributed by atoms with Gasteiger partial charge in [0.1, 0.15) is 0 Å². The van der Waals surface area contributed by atoms with E-state index < -0.39 is 0 Å². The molecule has 0 amide bonds. The van der Waals surface area contributed by atoms with Gasteiger partial charge in [-0.3, -0.25) is 0 Å². The molecule has 1 unspecified atom stereocenters. The molecule has 0 spiro atoms. The van der Waals surface area contributed by atoms with Crippen LogP contribution in [-0.2, 0) is 0 Å². The lowest BCUT2D eigenvalue weighted by atomic mass is 10.1. The van der Waals surface area contributed by atoms with Gasteiger partial charge in [-0.2, -0.15) is 0 Å². The highest BCUT2D eigenvalue weighted by Crippen LogP contribution is 2.38. The predicted molar refractivity (Wildman–Crippen MR) is 67.8 cm³/mol. The molecule has 0 bridgehead atoms. The van der Waals surface area contributed by atoms with Crippen molar-refractivity contribution in [3.63, 3.8) is 0 Å². The average molecular weight is 232 g/mol. The molecule has 1 atom stereocenters. The normalized spacial score (nSPS) is 19.5. The van der Waals surface area contributed by atoms with E-state index in [-0.39, 0.29) is 6.10 Å². The Labute approximate surface area is 95.7 Å². The van der Waals surface area contributed by atoms with Gasteiger partial charge >= 0.3 is 0 Å². The van der Waals surface area contributed by atoms with E-state index in [1.54, 1.807) is 4.24 Å². The third-order valence-corrected chi connectivity index (χ3v) is 5.19. The second kappa shape index (κ2) is 6.81. The molecule has 0 saturated carbocycles. The number of rotatable bonds is 4. The lowest BCUT2D eigenvalue weighted by Gasteiger charge is -2.16. The second-order valence-corrected chi connectivity index (χ2v) is 6.33. The topological polar surface area (TPSA) is 20.2 Å². The van der Waals surface area contributed by atoms with Crippen molar-refractivity contribution in [2.75, 3.05) is 11.5 Å². The molecule has 14 heavy (non-hydrogen) atoms. The molecule has 1 aliphatic heterocycles. The fraction of sp³-hybridized carbons (Fsp3) is 0.818. The first kappa shape index (κ1) is 12.5. The van der Waals surface area contributed by atoms with E-state index in [0.717, 1.165) is 19.3 Å². The van der Waals surface area contributed by atoms with Gasteiger partial charge in [-0.05, 0) is 51.0 Å². The van der Waals surface area contributed by atoms with Crippen LogP contribution in [0, 0.1) is 0 Å². The van der Waals surface area contributed by atoms with Gasteiger partial charge in [0.2, 0.25) is 0 Å². The van der Waals surface area contributed by atoms with Crippen LogP contribution >= 0.6 is 23.5 Å². The lowest BCUT2D eigenvalue weighted by molar-refractivity contribution is 0.181. The van der Waals surface area contributed by atoms with Crippen LogP contribution in [0.1, 0.15) is 39.5 Å². The van der Waals surface area contributed by atoms with E-state index >= 15 is 0 Å². The standard InChI is InChI=1S/C11H20OS2/c1-9(5-3-6-10(2)12)11-13-7-4-8-14-11/h10,12H,3-8H2,1-2H3. The van der Waals surface area contributed by atoms with Crippen molar-refractivity contribution in [2.24, 2.45) is 0 Å². The molecule has 1 saturated heterocycles. The SMILES string of the molecule is CC(CCCC(C)O)=C1SCCCS1. The molecule has 3 heteroatoms. The summed E-state index contributed by atoms with van der Waals surface area (Å²) in [5, 5.41) is 9.15. The van der Waals surface area contributed by atoms with E-state index in [0.29, 0.717) is 0 Å². The smallest absolute Gasteiger partial charge is 0.0512 e. The first-order valence-corrected chi connectivity index (χ1v) is 7.30. The molecule has 0 aromatic carbocycles. The summed E-state index contributed by atoms with van der Waals surface area (Å²) >= 11 is 4.02. The maximum absolute atomic E-state index is 9.15. The van der Waals surface area contributed by atoms with Crippen LogP contribution in [0.3, 0.4) is 0 Å².